The average molecular weight is 355 g/mol. The minimum absolute atomic E-state index is 0.0660. The van der Waals surface area contributed by atoms with Crippen molar-refractivity contribution < 1.29 is 18.5 Å². The van der Waals surface area contributed by atoms with Crippen LogP contribution in [0.15, 0.2) is 51.6 Å². The van der Waals surface area contributed by atoms with Crippen LogP contribution in [0.25, 0.3) is 11.4 Å². The van der Waals surface area contributed by atoms with E-state index in [2.05, 4.69) is 22.4 Å². The smallest absolute Gasteiger partial charge is 0.258 e. The molecule has 1 amide bonds. The van der Waals surface area contributed by atoms with Crippen LogP contribution in [0.2, 0.25) is 0 Å². The van der Waals surface area contributed by atoms with E-state index >= 15 is 0 Å². The van der Waals surface area contributed by atoms with E-state index in [1.165, 1.54) is 0 Å². The van der Waals surface area contributed by atoms with Crippen LogP contribution in [0.5, 0.6) is 5.75 Å². The largest absolute Gasteiger partial charge is 0.484 e. The minimum Gasteiger partial charge on any atom is -0.484 e. The van der Waals surface area contributed by atoms with Gasteiger partial charge in [-0.15, -0.1) is 0 Å². The Morgan fingerprint density at radius 2 is 2.08 bits per heavy atom. The van der Waals surface area contributed by atoms with Crippen LogP contribution in [-0.4, -0.2) is 22.7 Å². The minimum atomic E-state index is -0.218. The van der Waals surface area contributed by atoms with E-state index in [4.69, 9.17) is 13.7 Å². The van der Waals surface area contributed by atoms with Gasteiger partial charge < -0.3 is 19.0 Å². The first kappa shape index (κ1) is 17.7. The molecule has 0 aliphatic heterocycles. The highest BCUT2D eigenvalue weighted by atomic mass is 16.5. The van der Waals surface area contributed by atoms with E-state index in [0.717, 1.165) is 24.8 Å². The van der Waals surface area contributed by atoms with Crippen molar-refractivity contribution in [1.29, 1.82) is 0 Å². The normalized spacial score (nSPS) is 10.7. The predicted octanol–water partition coefficient (Wildman–Crippen LogP) is 3.37. The summed E-state index contributed by atoms with van der Waals surface area (Å²) in [7, 11) is 0. The Bertz CT molecular complexity index is 810. The number of amides is 1. The van der Waals surface area contributed by atoms with Gasteiger partial charge in [0, 0.05) is 12.0 Å². The summed E-state index contributed by atoms with van der Waals surface area (Å²) < 4.78 is 15.9. The summed E-state index contributed by atoms with van der Waals surface area (Å²) in [5.74, 6) is 2.27. The number of furan rings is 1. The fourth-order valence-corrected chi connectivity index (χ4v) is 2.30. The molecule has 0 aliphatic rings. The Kier molecular flexibility index (Phi) is 6.03. The van der Waals surface area contributed by atoms with Gasteiger partial charge in [0.2, 0.25) is 11.7 Å². The van der Waals surface area contributed by atoms with Gasteiger partial charge in [0.1, 0.15) is 11.5 Å². The summed E-state index contributed by atoms with van der Waals surface area (Å²) in [6.07, 6.45) is 4.46. The molecule has 0 radical (unpaired) electrons. The Hall–Kier alpha value is -3.09. The molecular weight excluding hydrogens is 334 g/mol. The molecule has 0 unspecified atom stereocenters. The van der Waals surface area contributed by atoms with Crippen LogP contribution in [0.1, 0.15) is 31.4 Å². The summed E-state index contributed by atoms with van der Waals surface area (Å²) in [5, 5.41) is 6.71. The third-order valence-electron chi connectivity index (χ3n) is 3.73. The molecular formula is C19H21N3O4. The quantitative estimate of drug-likeness (QED) is 0.633. The van der Waals surface area contributed by atoms with Crippen molar-refractivity contribution in [1.82, 2.24) is 15.5 Å². The Morgan fingerprint density at radius 1 is 1.23 bits per heavy atom. The SMILES string of the molecule is CCCCc1nc(-c2ccc(OCC(=O)NCc3ccco3)cc2)no1. The van der Waals surface area contributed by atoms with Crippen molar-refractivity contribution in [3.05, 3.63) is 54.3 Å². The zero-order valence-electron chi connectivity index (χ0n) is 14.6. The number of nitrogens with zero attached hydrogens (tertiary/aromatic N) is 2. The maximum atomic E-state index is 11.8. The Labute approximate surface area is 151 Å². The zero-order valence-corrected chi connectivity index (χ0v) is 14.6. The standard InChI is InChI=1S/C19H21N3O4/c1-2-3-6-18-21-19(22-26-18)14-7-9-15(10-8-14)25-13-17(23)20-12-16-5-4-11-24-16/h4-5,7-11H,2-3,6,12-13H2,1H3,(H,20,23). The fourth-order valence-electron chi connectivity index (χ4n) is 2.30. The van der Waals surface area contributed by atoms with Gasteiger partial charge in [-0.2, -0.15) is 4.98 Å². The van der Waals surface area contributed by atoms with Crippen LogP contribution in [0, 0.1) is 0 Å². The highest BCUT2D eigenvalue weighted by molar-refractivity contribution is 5.77. The molecule has 7 nitrogen and oxygen atoms in total. The average Bonchev–Trinajstić information content (AvgIpc) is 3.35. The van der Waals surface area contributed by atoms with Crippen LogP contribution in [0.4, 0.5) is 0 Å². The van der Waals surface area contributed by atoms with E-state index in [1.807, 2.05) is 12.1 Å². The summed E-state index contributed by atoms with van der Waals surface area (Å²) in [5.41, 5.74) is 0.839. The van der Waals surface area contributed by atoms with Gasteiger partial charge in [-0.05, 0) is 42.8 Å². The van der Waals surface area contributed by atoms with Crippen LogP contribution >= 0.6 is 0 Å². The zero-order chi connectivity index (χ0) is 18.2. The molecule has 7 heteroatoms. The molecule has 2 aromatic heterocycles. The van der Waals surface area contributed by atoms with E-state index in [-0.39, 0.29) is 12.5 Å². The van der Waals surface area contributed by atoms with Crippen molar-refractivity contribution in [2.75, 3.05) is 6.61 Å². The van der Waals surface area contributed by atoms with Gasteiger partial charge in [-0.1, -0.05) is 18.5 Å². The number of hydrogen-bond donors (Lipinski definition) is 1. The second-order valence-corrected chi connectivity index (χ2v) is 5.78. The van der Waals surface area contributed by atoms with Gasteiger partial charge in [-0.25, -0.2) is 0 Å². The molecule has 1 aromatic carbocycles. The molecule has 3 rings (SSSR count). The third kappa shape index (κ3) is 4.95. The number of ether oxygens (including phenoxy) is 1. The van der Waals surface area contributed by atoms with E-state index in [9.17, 15) is 4.79 Å². The molecule has 26 heavy (non-hydrogen) atoms. The molecule has 0 spiro atoms. The van der Waals surface area contributed by atoms with Gasteiger partial charge >= 0.3 is 0 Å². The second-order valence-electron chi connectivity index (χ2n) is 5.78. The first-order valence-electron chi connectivity index (χ1n) is 8.59. The number of hydrogen-bond acceptors (Lipinski definition) is 6. The van der Waals surface area contributed by atoms with Gasteiger partial charge in [0.05, 0.1) is 12.8 Å². The topological polar surface area (TPSA) is 90.4 Å². The lowest BCUT2D eigenvalue weighted by Gasteiger charge is -2.07. The molecule has 0 aliphatic carbocycles. The lowest BCUT2D eigenvalue weighted by molar-refractivity contribution is -0.123. The molecule has 0 saturated heterocycles. The molecule has 0 atom stereocenters. The molecule has 0 bridgehead atoms. The monoisotopic (exact) mass is 355 g/mol. The van der Waals surface area contributed by atoms with E-state index < -0.39 is 0 Å². The van der Waals surface area contributed by atoms with Crippen molar-refractivity contribution in [2.45, 2.75) is 32.7 Å². The molecule has 1 N–H and O–H groups in total. The summed E-state index contributed by atoms with van der Waals surface area (Å²) >= 11 is 0. The first-order valence-corrected chi connectivity index (χ1v) is 8.59. The number of aryl methyl sites for hydroxylation is 1. The maximum Gasteiger partial charge on any atom is 0.258 e. The van der Waals surface area contributed by atoms with Crippen LogP contribution < -0.4 is 10.1 Å². The number of carbonyl (C=O) groups excluding carboxylic acids is 1. The number of aromatic nitrogens is 2. The summed E-state index contributed by atoms with van der Waals surface area (Å²) in [4.78, 5) is 16.2. The predicted molar refractivity (Wildman–Crippen MR) is 94.4 cm³/mol. The van der Waals surface area contributed by atoms with E-state index in [1.54, 1.807) is 30.5 Å². The lowest BCUT2D eigenvalue weighted by atomic mass is 10.2. The van der Waals surface area contributed by atoms with Gasteiger partial charge in [0.15, 0.2) is 6.61 Å². The van der Waals surface area contributed by atoms with Crippen molar-refractivity contribution >= 4 is 5.91 Å². The van der Waals surface area contributed by atoms with Crippen LogP contribution in [0.3, 0.4) is 0 Å². The first-order chi connectivity index (χ1) is 12.7. The molecule has 3 aromatic rings. The summed E-state index contributed by atoms with van der Waals surface area (Å²) in [6, 6.07) is 10.8. The molecule has 0 saturated carbocycles. The summed E-state index contributed by atoms with van der Waals surface area (Å²) in [6.45, 7) is 2.39. The maximum absolute atomic E-state index is 11.8. The fraction of sp³-hybridized carbons (Fsp3) is 0.316. The number of nitrogens with one attached hydrogen (secondary N) is 1. The van der Waals surface area contributed by atoms with Crippen molar-refractivity contribution in [2.24, 2.45) is 0 Å². The third-order valence-corrected chi connectivity index (χ3v) is 3.73. The van der Waals surface area contributed by atoms with Gasteiger partial charge in [0.25, 0.3) is 5.91 Å². The lowest BCUT2D eigenvalue weighted by Crippen LogP contribution is -2.28. The molecule has 136 valence electrons. The second kappa shape index (κ2) is 8.84. The number of unbranched alkanes of at least 4 members (excludes halogenated alkanes) is 1. The number of carbonyl (C=O) groups is 1. The highest BCUT2D eigenvalue weighted by Crippen LogP contribution is 2.20. The Morgan fingerprint density at radius 3 is 2.81 bits per heavy atom. The van der Waals surface area contributed by atoms with Crippen LogP contribution in [-0.2, 0) is 17.8 Å². The van der Waals surface area contributed by atoms with Crippen molar-refractivity contribution in [3.8, 4) is 17.1 Å². The van der Waals surface area contributed by atoms with Crippen molar-refractivity contribution in [3.63, 3.8) is 0 Å². The van der Waals surface area contributed by atoms with E-state index in [0.29, 0.717) is 29.8 Å². The van der Waals surface area contributed by atoms with Gasteiger partial charge in [-0.3, -0.25) is 4.79 Å². The number of benzene rings is 1. The number of rotatable bonds is 9. The highest BCUT2D eigenvalue weighted by Gasteiger charge is 2.09. The Balaban J connectivity index is 1.48. The molecule has 0 fully saturated rings. The molecule has 2 heterocycles.